The van der Waals surface area contributed by atoms with Crippen molar-refractivity contribution in [2.45, 2.75) is 180 Å². The molecular weight excluding hydrogens is 518 g/mol. The van der Waals surface area contributed by atoms with Gasteiger partial charge in [-0.25, -0.2) is 0 Å². The summed E-state index contributed by atoms with van der Waals surface area (Å²) in [6, 6.07) is -0.641. The van der Waals surface area contributed by atoms with Crippen molar-refractivity contribution in [3.05, 3.63) is 48.6 Å². The zero-order valence-electron chi connectivity index (χ0n) is 27.8. The van der Waals surface area contributed by atoms with Gasteiger partial charge in [-0.2, -0.15) is 0 Å². The standard InChI is InChI=1S/C38H69NO3/c1-3-5-7-9-11-13-15-17-18-19-20-22-24-26-28-30-32-34-38(42)39-36(35-40)37(41)33-31-29-27-25-23-21-16-14-12-10-8-6-4-2/h11,13,17-18,23,25,31,33,36-37,40-41H,3-10,12,14-16,19-22,24,26-30,32,34-35H2,1-2H3,(H,39,42)/b13-11-,18-17-,25-23+,33-31+. The molecule has 0 rings (SSSR count). The highest BCUT2D eigenvalue weighted by Gasteiger charge is 2.17. The van der Waals surface area contributed by atoms with E-state index in [9.17, 15) is 15.0 Å². The minimum atomic E-state index is -0.863. The Bertz CT molecular complexity index is 682. The van der Waals surface area contributed by atoms with E-state index < -0.39 is 12.1 Å². The molecule has 0 aromatic carbocycles. The predicted octanol–water partition coefficient (Wildman–Crippen LogP) is 10.5. The van der Waals surface area contributed by atoms with Crippen LogP contribution >= 0.6 is 0 Å². The lowest BCUT2D eigenvalue weighted by molar-refractivity contribution is -0.123. The number of unbranched alkanes of at least 4 members (excludes halogenated alkanes) is 18. The largest absolute Gasteiger partial charge is 0.394 e. The minimum Gasteiger partial charge on any atom is -0.394 e. The fourth-order valence-electron chi connectivity index (χ4n) is 4.99. The molecular formula is C38H69NO3. The van der Waals surface area contributed by atoms with Crippen LogP contribution < -0.4 is 5.32 Å². The van der Waals surface area contributed by atoms with Crippen molar-refractivity contribution in [3.8, 4) is 0 Å². The second-order valence-corrected chi connectivity index (χ2v) is 11.9. The summed E-state index contributed by atoms with van der Waals surface area (Å²) in [7, 11) is 0. The average Bonchev–Trinajstić information content (AvgIpc) is 2.99. The molecule has 3 N–H and O–H groups in total. The third-order valence-electron chi connectivity index (χ3n) is 7.78. The number of nitrogens with one attached hydrogen (secondary N) is 1. The number of rotatable bonds is 31. The predicted molar refractivity (Wildman–Crippen MR) is 184 cm³/mol. The van der Waals surface area contributed by atoms with E-state index in [1.807, 2.05) is 6.08 Å². The van der Waals surface area contributed by atoms with E-state index in [0.29, 0.717) is 6.42 Å². The summed E-state index contributed by atoms with van der Waals surface area (Å²) in [4.78, 5) is 12.3. The van der Waals surface area contributed by atoms with Crippen molar-refractivity contribution >= 4 is 5.91 Å². The van der Waals surface area contributed by atoms with Crippen molar-refractivity contribution in [2.75, 3.05) is 6.61 Å². The number of aliphatic hydroxyl groups excluding tert-OH is 2. The summed E-state index contributed by atoms with van der Waals surface area (Å²) in [5.41, 5.74) is 0. The zero-order chi connectivity index (χ0) is 30.8. The molecule has 0 saturated heterocycles. The Kier molecular flexibility index (Phi) is 32.5. The normalized spacial score (nSPS) is 13.7. The molecule has 0 aromatic rings. The van der Waals surface area contributed by atoms with E-state index in [4.69, 9.17) is 0 Å². The second kappa shape index (κ2) is 33.8. The van der Waals surface area contributed by atoms with E-state index in [2.05, 4.69) is 55.6 Å². The van der Waals surface area contributed by atoms with Crippen molar-refractivity contribution in [1.29, 1.82) is 0 Å². The fraction of sp³-hybridized carbons (Fsp3) is 0.763. The molecule has 4 heteroatoms. The van der Waals surface area contributed by atoms with Gasteiger partial charge >= 0.3 is 0 Å². The van der Waals surface area contributed by atoms with Crippen LogP contribution in [0, 0.1) is 0 Å². The van der Waals surface area contributed by atoms with Crippen molar-refractivity contribution in [3.63, 3.8) is 0 Å². The molecule has 2 unspecified atom stereocenters. The Balaban J connectivity index is 3.70. The molecule has 0 bridgehead atoms. The number of aliphatic hydroxyl groups is 2. The summed E-state index contributed by atoms with van der Waals surface area (Å²) in [5.74, 6) is -0.0858. The summed E-state index contributed by atoms with van der Waals surface area (Å²) < 4.78 is 0. The quantitative estimate of drug-likeness (QED) is 0.0558. The van der Waals surface area contributed by atoms with Gasteiger partial charge in [-0.3, -0.25) is 4.79 Å². The van der Waals surface area contributed by atoms with Crippen molar-refractivity contribution in [1.82, 2.24) is 5.32 Å². The number of allylic oxidation sites excluding steroid dienone is 7. The number of hydrogen-bond acceptors (Lipinski definition) is 3. The maximum Gasteiger partial charge on any atom is 0.220 e. The van der Waals surface area contributed by atoms with Gasteiger partial charge in [-0.1, -0.05) is 146 Å². The lowest BCUT2D eigenvalue weighted by atomic mass is 10.1. The Labute approximate surface area is 261 Å². The van der Waals surface area contributed by atoms with Crippen LogP contribution in [-0.2, 0) is 4.79 Å². The van der Waals surface area contributed by atoms with Gasteiger partial charge < -0.3 is 15.5 Å². The molecule has 0 spiro atoms. The Morgan fingerprint density at radius 2 is 1.00 bits per heavy atom. The molecule has 4 nitrogen and oxygen atoms in total. The zero-order valence-corrected chi connectivity index (χ0v) is 27.8. The van der Waals surface area contributed by atoms with E-state index in [1.165, 1.54) is 103 Å². The van der Waals surface area contributed by atoms with Gasteiger partial charge in [0.15, 0.2) is 0 Å². The van der Waals surface area contributed by atoms with Crippen LogP contribution in [0.3, 0.4) is 0 Å². The first kappa shape index (κ1) is 40.4. The third-order valence-corrected chi connectivity index (χ3v) is 7.78. The number of hydrogen-bond donors (Lipinski definition) is 3. The van der Waals surface area contributed by atoms with Gasteiger partial charge in [-0.15, -0.1) is 0 Å². The van der Waals surface area contributed by atoms with Gasteiger partial charge in [0.25, 0.3) is 0 Å². The summed E-state index contributed by atoms with van der Waals surface area (Å²) >= 11 is 0. The SMILES string of the molecule is CCCCC/C=C\C/C=C\CCCCCCCCCC(=O)NC(CO)C(O)/C=C/CC/C=C/CCCCCCCCC. The molecule has 0 fully saturated rings. The van der Waals surface area contributed by atoms with Gasteiger partial charge in [0.1, 0.15) is 0 Å². The highest BCUT2D eigenvalue weighted by atomic mass is 16.3. The maximum atomic E-state index is 12.3. The fourth-order valence-corrected chi connectivity index (χ4v) is 4.99. The molecule has 0 heterocycles. The Hall–Kier alpha value is -1.65. The molecule has 42 heavy (non-hydrogen) atoms. The first-order valence-electron chi connectivity index (χ1n) is 17.9. The van der Waals surface area contributed by atoms with Crippen LogP contribution in [0.5, 0.6) is 0 Å². The summed E-state index contributed by atoms with van der Waals surface area (Å²) in [6.45, 7) is 4.24. The van der Waals surface area contributed by atoms with Crippen molar-refractivity contribution in [2.24, 2.45) is 0 Å². The monoisotopic (exact) mass is 588 g/mol. The first-order valence-corrected chi connectivity index (χ1v) is 17.9. The molecule has 0 radical (unpaired) electrons. The van der Waals surface area contributed by atoms with Crippen LogP contribution in [0.25, 0.3) is 0 Å². The molecule has 1 amide bonds. The Morgan fingerprint density at radius 3 is 1.57 bits per heavy atom. The molecule has 0 aliphatic carbocycles. The molecule has 244 valence electrons. The first-order chi connectivity index (χ1) is 20.7. The summed E-state index contributed by atoms with van der Waals surface area (Å²) in [5, 5.41) is 22.8. The van der Waals surface area contributed by atoms with Gasteiger partial charge in [0, 0.05) is 6.42 Å². The van der Waals surface area contributed by atoms with E-state index in [-0.39, 0.29) is 12.5 Å². The number of carbonyl (C=O) groups is 1. The van der Waals surface area contributed by atoms with Gasteiger partial charge in [0.2, 0.25) is 5.91 Å². The maximum absolute atomic E-state index is 12.3. The van der Waals surface area contributed by atoms with Crippen LogP contribution in [0.4, 0.5) is 0 Å². The average molecular weight is 588 g/mol. The van der Waals surface area contributed by atoms with E-state index in [0.717, 1.165) is 44.9 Å². The van der Waals surface area contributed by atoms with Crippen molar-refractivity contribution < 1.29 is 15.0 Å². The number of carbonyl (C=O) groups excluding carboxylic acids is 1. The minimum absolute atomic E-state index is 0.0858. The smallest absolute Gasteiger partial charge is 0.220 e. The topological polar surface area (TPSA) is 69.6 Å². The third kappa shape index (κ3) is 29.8. The molecule has 2 atom stereocenters. The highest BCUT2D eigenvalue weighted by Crippen LogP contribution is 2.11. The number of amides is 1. The van der Waals surface area contributed by atoms with E-state index in [1.54, 1.807) is 6.08 Å². The van der Waals surface area contributed by atoms with Crippen LogP contribution in [0.15, 0.2) is 48.6 Å². The molecule has 0 saturated carbocycles. The Morgan fingerprint density at radius 1 is 0.571 bits per heavy atom. The van der Waals surface area contributed by atoms with E-state index >= 15 is 0 Å². The lowest BCUT2D eigenvalue weighted by Crippen LogP contribution is -2.45. The van der Waals surface area contributed by atoms with Gasteiger partial charge in [0.05, 0.1) is 18.8 Å². The lowest BCUT2D eigenvalue weighted by Gasteiger charge is -2.19. The van der Waals surface area contributed by atoms with Crippen LogP contribution in [-0.4, -0.2) is 34.9 Å². The second-order valence-electron chi connectivity index (χ2n) is 11.9. The molecule has 0 aromatic heterocycles. The molecule has 0 aliphatic heterocycles. The molecule has 0 aliphatic rings. The highest BCUT2D eigenvalue weighted by molar-refractivity contribution is 5.76. The summed E-state index contributed by atoms with van der Waals surface area (Å²) in [6.07, 6.45) is 44.7. The van der Waals surface area contributed by atoms with Crippen LogP contribution in [0.1, 0.15) is 168 Å². The van der Waals surface area contributed by atoms with Gasteiger partial charge in [-0.05, 0) is 64.2 Å². The van der Waals surface area contributed by atoms with Crippen LogP contribution in [0.2, 0.25) is 0 Å².